The Morgan fingerprint density at radius 2 is 1.12 bits per heavy atom. The Morgan fingerprint density at radius 1 is 0.625 bits per heavy atom. The Kier molecular flexibility index (Phi) is 4.26. The quantitative estimate of drug-likeness (QED) is 0.596. The predicted molar refractivity (Wildman–Crippen MR) is 104 cm³/mol. The highest BCUT2D eigenvalue weighted by molar-refractivity contribution is 9.10. The molecule has 3 aromatic rings. The molecular formula is C21H19BrN2. The maximum absolute atomic E-state index is 3.51. The molecule has 2 nitrogen and oxygen atoms in total. The molecule has 0 unspecified atom stereocenters. The molecule has 0 radical (unpaired) electrons. The van der Waals surface area contributed by atoms with Gasteiger partial charge in [-0.15, -0.1) is 0 Å². The molecule has 0 N–H and O–H groups in total. The summed E-state index contributed by atoms with van der Waals surface area (Å²) < 4.78 is 1.12. The van der Waals surface area contributed by atoms with Crippen molar-refractivity contribution in [2.45, 2.75) is 13.1 Å². The zero-order chi connectivity index (χ0) is 16.4. The molecule has 0 amide bonds. The standard InChI is InChI=1S/C21H19BrN2/c22-19-12-10-18(11-13-19)15-24-16-23(14-17-6-2-1-3-7-17)20-8-4-5-9-21(20)24/h1-13H,14-16H2. The van der Waals surface area contributed by atoms with E-state index >= 15 is 0 Å². The molecule has 24 heavy (non-hydrogen) atoms. The van der Waals surface area contributed by atoms with Crippen LogP contribution in [-0.4, -0.2) is 6.67 Å². The molecule has 120 valence electrons. The Hall–Kier alpha value is -2.26. The van der Waals surface area contributed by atoms with Crippen molar-refractivity contribution in [3.05, 3.63) is 94.5 Å². The second-order valence-electron chi connectivity index (χ2n) is 6.14. The van der Waals surface area contributed by atoms with Crippen molar-refractivity contribution >= 4 is 27.3 Å². The minimum absolute atomic E-state index is 0.921. The Morgan fingerprint density at radius 3 is 1.71 bits per heavy atom. The van der Waals surface area contributed by atoms with Crippen LogP contribution in [0.2, 0.25) is 0 Å². The van der Waals surface area contributed by atoms with Crippen LogP contribution in [0.5, 0.6) is 0 Å². The highest BCUT2D eigenvalue weighted by Crippen LogP contribution is 2.37. The van der Waals surface area contributed by atoms with Crippen LogP contribution in [0.1, 0.15) is 11.1 Å². The fraction of sp³-hybridized carbons (Fsp3) is 0.143. The van der Waals surface area contributed by atoms with Gasteiger partial charge in [-0.25, -0.2) is 0 Å². The second-order valence-corrected chi connectivity index (χ2v) is 7.05. The lowest BCUT2D eigenvalue weighted by Crippen LogP contribution is -2.30. The van der Waals surface area contributed by atoms with Gasteiger partial charge in [0.2, 0.25) is 0 Å². The molecule has 0 aromatic heterocycles. The van der Waals surface area contributed by atoms with Gasteiger partial charge in [0.05, 0.1) is 18.0 Å². The van der Waals surface area contributed by atoms with Gasteiger partial charge in [-0.2, -0.15) is 0 Å². The molecule has 1 aliphatic heterocycles. The van der Waals surface area contributed by atoms with Crippen LogP contribution in [0.3, 0.4) is 0 Å². The van der Waals surface area contributed by atoms with Gasteiger partial charge in [0, 0.05) is 17.6 Å². The molecule has 0 atom stereocenters. The van der Waals surface area contributed by atoms with Crippen LogP contribution in [-0.2, 0) is 13.1 Å². The largest absolute Gasteiger partial charge is 0.348 e. The fourth-order valence-electron chi connectivity index (χ4n) is 3.24. The predicted octanol–water partition coefficient (Wildman–Crippen LogP) is 5.43. The van der Waals surface area contributed by atoms with E-state index in [0.717, 1.165) is 24.2 Å². The van der Waals surface area contributed by atoms with E-state index in [2.05, 4.69) is 105 Å². The molecule has 3 heteroatoms. The molecular weight excluding hydrogens is 360 g/mol. The van der Waals surface area contributed by atoms with Gasteiger partial charge in [-0.1, -0.05) is 70.5 Å². The molecule has 0 bridgehead atoms. The molecule has 0 saturated heterocycles. The average molecular weight is 379 g/mol. The minimum atomic E-state index is 0.921. The highest BCUT2D eigenvalue weighted by atomic mass is 79.9. The van der Waals surface area contributed by atoms with Crippen LogP contribution in [0.4, 0.5) is 11.4 Å². The molecule has 1 aliphatic rings. The summed E-state index contributed by atoms with van der Waals surface area (Å²) in [6.45, 7) is 2.79. The van der Waals surface area contributed by atoms with Crippen molar-refractivity contribution in [3.63, 3.8) is 0 Å². The minimum Gasteiger partial charge on any atom is -0.348 e. The van der Waals surface area contributed by atoms with Crippen molar-refractivity contribution in [2.75, 3.05) is 16.5 Å². The van der Waals surface area contributed by atoms with Gasteiger partial charge in [0.1, 0.15) is 0 Å². The SMILES string of the molecule is Brc1ccc(CN2CN(Cc3ccccc3)c3ccccc32)cc1. The molecule has 0 spiro atoms. The molecule has 0 saturated carbocycles. The van der Waals surface area contributed by atoms with Crippen LogP contribution in [0.25, 0.3) is 0 Å². The van der Waals surface area contributed by atoms with E-state index in [1.54, 1.807) is 0 Å². The van der Waals surface area contributed by atoms with E-state index in [9.17, 15) is 0 Å². The van der Waals surface area contributed by atoms with Gasteiger partial charge in [0.25, 0.3) is 0 Å². The number of benzene rings is 3. The first-order chi connectivity index (χ1) is 11.8. The van der Waals surface area contributed by atoms with E-state index in [-0.39, 0.29) is 0 Å². The van der Waals surface area contributed by atoms with Gasteiger partial charge in [0.15, 0.2) is 0 Å². The first kappa shape index (κ1) is 15.3. The Bertz CT molecular complexity index is 815. The Labute approximate surface area is 151 Å². The van der Waals surface area contributed by atoms with E-state index in [4.69, 9.17) is 0 Å². The van der Waals surface area contributed by atoms with Crippen LogP contribution < -0.4 is 9.80 Å². The summed E-state index contributed by atoms with van der Waals surface area (Å²) in [6, 6.07) is 28.0. The van der Waals surface area contributed by atoms with Crippen molar-refractivity contribution in [3.8, 4) is 0 Å². The maximum atomic E-state index is 3.51. The second kappa shape index (κ2) is 6.70. The maximum Gasteiger partial charge on any atom is 0.0911 e. The first-order valence-electron chi connectivity index (χ1n) is 8.17. The number of hydrogen-bond donors (Lipinski definition) is 0. The summed E-state index contributed by atoms with van der Waals surface area (Å²) in [7, 11) is 0. The summed E-state index contributed by atoms with van der Waals surface area (Å²) >= 11 is 3.51. The third-order valence-corrected chi connectivity index (χ3v) is 4.94. The zero-order valence-corrected chi connectivity index (χ0v) is 15.0. The monoisotopic (exact) mass is 378 g/mol. The van der Waals surface area contributed by atoms with Crippen molar-refractivity contribution in [2.24, 2.45) is 0 Å². The van der Waals surface area contributed by atoms with Gasteiger partial charge >= 0.3 is 0 Å². The van der Waals surface area contributed by atoms with Crippen molar-refractivity contribution in [1.82, 2.24) is 0 Å². The summed E-state index contributed by atoms with van der Waals surface area (Å²) in [4.78, 5) is 4.89. The number of rotatable bonds is 4. The normalized spacial score (nSPS) is 13.2. The summed E-state index contributed by atoms with van der Waals surface area (Å²) in [6.07, 6.45) is 0. The average Bonchev–Trinajstić information content (AvgIpc) is 2.96. The molecule has 3 aromatic carbocycles. The van der Waals surface area contributed by atoms with Gasteiger partial charge in [-0.3, -0.25) is 0 Å². The summed E-state index contributed by atoms with van der Waals surface area (Å²) in [5, 5.41) is 0. The van der Waals surface area contributed by atoms with Crippen LogP contribution in [0, 0.1) is 0 Å². The third-order valence-electron chi connectivity index (χ3n) is 4.41. The lowest BCUT2D eigenvalue weighted by atomic mass is 10.2. The molecule has 0 fully saturated rings. The smallest absolute Gasteiger partial charge is 0.0911 e. The third kappa shape index (κ3) is 3.17. The molecule has 4 rings (SSSR count). The molecule has 0 aliphatic carbocycles. The van der Waals surface area contributed by atoms with Crippen molar-refractivity contribution in [1.29, 1.82) is 0 Å². The molecule has 1 heterocycles. The number of hydrogen-bond acceptors (Lipinski definition) is 2. The number of halogens is 1. The lowest BCUT2D eigenvalue weighted by Gasteiger charge is -2.22. The van der Waals surface area contributed by atoms with E-state index in [1.165, 1.54) is 22.5 Å². The van der Waals surface area contributed by atoms with E-state index < -0.39 is 0 Å². The number of nitrogens with zero attached hydrogens (tertiary/aromatic N) is 2. The number of para-hydroxylation sites is 2. The van der Waals surface area contributed by atoms with Crippen molar-refractivity contribution < 1.29 is 0 Å². The first-order valence-corrected chi connectivity index (χ1v) is 8.96. The fourth-order valence-corrected chi connectivity index (χ4v) is 3.51. The number of fused-ring (bicyclic) bond motifs is 1. The van der Waals surface area contributed by atoms with E-state index in [1.807, 2.05) is 0 Å². The summed E-state index contributed by atoms with van der Waals surface area (Å²) in [5.41, 5.74) is 5.31. The van der Waals surface area contributed by atoms with Crippen LogP contribution >= 0.6 is 15.9 Å². The topological polar surface area (TPSA) is 6.48 Å². The number of anilines is 2. The van der Waals surface area contributed by atoms with Crippen LogP contribution in [0.15, 0.2) is 83.3 Å². The lowest BCUT2D eigenvalue weighted by molar-refractivity contribution is 0.763. The Balaban J connectivity index is 1.57. The van der Waals surface area contributed by atoms with E-state index in [0.29, 0.717) is 0 Å². The van der Waals surface area contributed by atoms with Gasteiger partial charge < -0.3 is 9.80 Å². The summed E-state index contributed by atoms with van der Waals surface area (Å²) in [5.74, 6) is 0. The highest BCUT2D eigenvalue weighted by Gasteiger charge is 2.25. The zero-order valence-electron chi connectivity index (χ0n) is 13.4. The van der Waals surface area contributed by atoms with Gasteiger partial charge in [-0.05, 0) is 35.4 Å².